The van der Waals surface area contributed by atoms with Crippen LogP contribution in [0.5, 0.6) is 0 Å². The fourth-order valence-electron chi connectivity index (χ4n) is 5.12. The maximum absolute atomic E-state index is 14.7. The molecule has 0 amide bonds. The van der Waals surface area contributed by atoms with E-state index in [9.17, 15) is 32.9 Å². The molecule has 5 rings (SSSR count). The second-order valence-corrected chi connectivity index (χ2v) is 11.2. The number of nitrogens with zero attached hydrogens (tertiary/aromatic N) is 4. The molecule has 9 nitrogen and oxygen atoms in total. The van der Waals surface area contributed by atoms with Gasteiger partial charge < -0.3 is 26.0 Å². The van der Waals surface area contributed by atoms with E-state index in [0.29, 0.717) is 27.5 Å². The van der Waals surface area contributed by atoms with Gasteiger partial charge in [-0.2, -0.15) is 4.98 Å². The van der Waals surface area contributed by atoms with Gasteiger partial charge in [0, 0.05) is 24.3 Å². The van der Waals surface area contributed by atoms with Crippen LogP contribution in [0.1, 0.15) is 41.9 Å². The van der Waals surface area contributed by atoms with E-state index < -0.39 is 64.6 Å². The van der Waals surface area contributed by atoms with Crippen molar-refractivity contribution in [1.82, 2.24) is 19.9 Å². The minimum Gasteiger partial charge on any atom is -0.396 e. The van der Waals surface area contributed by atoms with Crippen LogP contribution in [-0.4, -0.2) is 60.1 Å². The van der Waals surface area contributed by atoms with Crippen LogP contribution in [0.15, 0.2) is 12.3 Å². The lowest BCUT2D eigenvalue weighted by Crippen LogP contribution is -2.35. The van der Waals surface area contributed by atoms with Gasteiger partial charge in [0.2, 0.25) is 5.95 Å². The highest BCUT2D eigenvalue weighted by Gasteiger charge is 2.41. The molecule has 0 radical (unpaired) electrons. The predicted molar refractivity (Wildman–Crippen MR) is 146 cm³/mol. The minimum absolute atomic E-state index is 0.118. The summed E-state index contributed by atoms with van der Waals surface area (Å²) < 4.78 is 58.8. The number of hydrogen-bond donors (Lipinski definition) is 5. The Bertz CT molecular complexity index is 1610. The van der Waals surface area contributed by atoms with Crippen molar-refractivity contribution >= 4 is 33.3 Å². The van der Waals surface area contributed by atoms with Gasteiger partial charge in [-0.15, -0.1) is 11.3 Å². The normalized spacial score (nSPS) is 21.4. The van der Waals surface area contributed by atoms with Gasteiger partial charge in [-0.25, -0.2) is 27.5 Å². The number of aromatic nitrogens is 4. The van der Waals surface area contributed by atoms with Crippen LogP contribution in [0.3, 0.4) is 0 Å². The molecule has 4 aromatic rings. The van der Waals surface area contributed by atoms with Gasteiger partial charge in [-0.1, -0.05) is 0 Å². The molecule has 1 aliphatic carbocycles. The van der Waals surface area contributed by atoms with Crippen molar-refractivity contribution in [3.8, 4) is 10.6 Å². The number of anilines is 2. The summed E-state index contributed by atoms with van der Waals surface area (Å²) in [5, 5.41) is 37.0. The van der Waals surface area contributed by atoms with Crippen LogP contribution in [0.25, 0.3) is 20.8 Å². The quantitative estimate of drug-likeness (QED) is 0.157. The topological polar surface area (TPSA) is 136 Å². The summed E-state index contributed by atoms with van der Waals surface area (Å²) in [7, 11) is 0. The number of rotatable bonds is 7. The average Bonchev–Trinajstić information content (AvgIpc) is 3.48. The van der Waals surface area contributed by atoms with E-state index in [-0.39, 0.29) is 24.8 Å². The zero-order valence-electron chi connectivity index (χ0n) is 22.5. The third kappa shape index (κ3) is 5.09. The molecule has 41 heavy (non-hydrogen) atoms. The second-order valence-electron chi connectivity index (χ2n) is 10.2. The van der Waals surface area contributed by atoms with Crippen molar-refractivity contribution in [2.75, 3.05) is 17.2 Å². The van der Waals surface area contributed by atoms with Crippen molar-refractivity contribution in [2.24, 2.45) is 5.92 Å². The smallest absolute Gasteiger partial charge is 0.225 e. The Balaban J connectivity index is 1.58. The molecule has 0 aliphatic heterocycles. The standard InChI is InChI=1S/C27H28F4N6O3S/c1-9-18(28)20(30)16(21(31)19(9)29)10(2)33-27-34-11(3)17(26-36-22-12(4)32-6-5-15(22)41-26)25(37-27)35-14-7-13(8-38)23(39)24(14)40/h5-6,10,13-14,23-24,38-40H,7-8H2,1-4H3,(H2,33,34,35,37). The summed E-state index contributed by atoms with van der Waals surface area (Å²) in [6, 6.07) is -0.184. The first kappa shape index (κ1) is 29.0. The first-order valence-corrected chi connectivity index (χ1v) is 13.7. The molecule has 1 fully saturated rings. The lowest BCUT2D eigenvalue weighted by atomic mass is 10.0. The van der Waals surface area contributed by atoms with Crippen LogP contribution in [0.4, 0.5) is 29.3 Å². The fourth-order valence-corrected chi connectivity index (χ4v) is 6.23. The van der Waals surface area contributed by atoms with Gasteiger partial charge in [-0.05, 0) is 40.2 Å². The van der Waals surface area contributed by atoms with Crippen molar-refractivity contribution in [3.05, 3.63) is 58.0 Å². The second kappa shape index (κ2) is 11.1. The van der Waals surface area contributed by atoms with E-state index in [4.69, 9.17) is 4.98 Å². The summed E-state index contributed by atoms with van der Waals surface area (Å²) in [5.41, 5.74) is 0.656. The van der Waals surface area contributed by atoms with E-state index in [1.807, 2.05) is 13.0 Å². The van der Waals surface area contributed by atoms with E-state index in [1.165, 1.54) is 18.3 Å². The largest absolute Gasteiger partial charge is 0.396 e. The van der Waals surface area contributed by atoms with Crippen molar-refractivity contribution < 1.29 is 32.9 Å². The van der Waals surface area contributed by atoms with Crippen LogP contribution in [-0.2, 0) is 0 Å². The molecule has 5 unspecified atom stereocenters. The van der Waals surface area contributed by atoms with Crippen LogP contribution in [0, 0.1) is 50.0 Å². The fraction of sp³-hybridized carbons (Fsp3) is 0.407. The van der Waals surface area contributed by atoms with Gasteiger partial charge >= 0.3 is 0 Å². The Morgan fingerprint density at radius 2 is 1.66 bits per heavy atom. The SMILES string of the molecule is Cc1nc(NC(C)c2c(F)c(F)c(C)c(F)c2F)nc(NC2CC(CO)C(O)C2O)c1-c1nc2c(C)nccc2s1. The number of aryl methyl sites for hydroxylation is 2. The van der Waals surface area contributed by atoms with Gasteiger partial charge in [0.1, 0.15) is 22.4 Å². The molecule has 5 atom stereocenters. The lowest BCUT2D eigenvalue weighted by molar-refractivity contribution is 0.00446. The number of thiazole rings is 1. The van der Waals surface area contributed by atoms with Gasteiger partial charge in [0.05, 0.1) is 45.4 Å². The highest BCUT2D eigenvalue weighted by atomic mass is 32.1. The highest BCUT2D eigenvalue weighted by Crippen LogP contribution is 2.39. The monoisotopic (exact) mass is 592 g/mol. The van der Waals surface area contributed by atoms with Crippen LogP contribution in [0.2, 0.25) is 0 Å². The first-order chi connectivity index (χ1) is 19.4. The van der Waals surface area contributed by atoms with Crippen LogP contribution < -0.4 is 10.6 Å². The number of aliphatic hydroxyl groups is 3. The number of hydrogen-bond acceptors (Lipinski definition) is 10. The number of pyridine rings is 1. The Hall–Kier alpha value is -3.46. The molecule has 3 heterocycles. The molecule has 1 aliphatic rings. The van der Waals surface area contributed by atoms with Crippen LogP contribution >= 0.6 is 11.3 Å². The Morgan fingerprint density at radius 3 is 2.27 bits per heavy atom. The number of halogens is 4. The summed E-state index contributed by atoms with van der Waals surface area (Å²) in [6.07, 6.45) is -0.512. The van der Waals surface area contributed by atoms with E-state index >= 15 is 0 Å². The molecule has 0 spiro atoms. The number of fused-ring (bicyclic) bond motifs is 1. The summed E-state index contributed by atoms with van der Waals surface area (Å²) >= 11 is 1.36. The number of nitrogens with one attached hydrogen (secondary N) is 2. The molecular formula is C27H28F4N6O3S. The molecule has 1 aromatic carbocycles. The molecule has 14 heteroatoms. The Morgan fingerprint density at radius 1 is 0.976 bits per heavy atom. The van der Waals surface area contributed by atoms with E-state index in [2.05, 4.69) is 25.6 Å². The molecule has 1 saturated carbocycles. The first-order valence-electron chi connectivity index (χ1n) is 12.9. The summed E-state index contributed by atoms with van der Waals surface area (Å²) in [6.45, 7) is 5.40. The molecule has 0 bridgehead atoms. The van der Waals surface area contributed by atoms with Gasteiger partial charge in [0.25, 0.3) is 0 Å². The molecule has 5 N–H and O–H groups in total. The third-order valence-electron chi connectivity index (χ3n) is 7.45. The number of aliphatic hydroxyl groups excluding tert-OH is 3. The maximum atomic E-state index is 14.7. The molecule has 218 valence electrons. The van der Waals surface area contributed by atoms with Crippen molar-refractivity contribution in [2.45, 2.75) is 58.4 Å². The van der Waals surface area contributed by atoms with Gasteiger partial charge in [-0.3, -0.25) is 4.98 Å². The Labute approximate surface area is 236 Å². The highest BCUT2D eigenvalue weighted by molar-refractivity contribution is 7.21. The lowest BCUT2D eigenvalue weighted by Gasteiger charge is -2.22. The zero-order valence-corrected chi connectivity index (χ0v) is 23.3. The van der Waals surface area contributed by atoms with Crippen molar-refractivity contribution in [3.63, 3.8) is 0 Å². The van der Waals surface area contributed by atoms with Gasteiger partial charge in [0.15, 0.2) is 23.3 Å². The zero-order chi connectivity index (χ0) is 29.7. The Kier molecular flexibility index (Phi) is 7.85. The van der Waals surface area contributed by atoms with E-state index in [1.54, 1.807) is 13.1 Å². The van der Waals surface area contributed by atoms with E-state index in [0.717, 1.165) is 11.6 Å². The minimum atomic E-state index is -1.52. The number of benzene rings is 1. The maximum Gasteiger partial charge on any atom is 0.225 e. The summed E-state index contributed by atoms with van der Waals surface area (Å²) in [4.78, 5) is 17.9. The predicted octanol–water partition coefficient (Wildman–Crippen LogP) is 4.32. The third-order valence-corrected chi connectivity index (χ3v) is 8.49. The summed E-state index contributed by atoms with van der Waals surface area (Å²) in [5.74, 6) is -6.53. The molecular weight excluding hydrogens is 564 g/mol. The molecule has 3 aromatic heterocycles. The average molecular weight is 593 g/mol. The molecule has 0 saturated heterocycles. The van der Waals surface area contributed by atoms with Crippen molar-refractivity contribution in [1.29, 1.82) is 0 Å².